The van der Waals surface area contributed by atoms with Crippen molar-refractivity contribution in [1.82, 2.24) is 5.32 Å². The van der Waals surface area contributed by atoms with E-state index in [9.17, 15) is 18.0 Å². The Bertz CT molecular complexity index is 751. The molecule has 3 nitrogen and oxygen atoms in total. The molecule has 0 bridgehead atoms. The van der Waals surface area contributed by atoms with Crippen LogP contribution in [0.1, 0.15) is 17.5 Å². The van der Waals surface area contributed by atoms with Crippen molar-refractivity contribution >= 4 is 34.8 Å². The SMILES string of the molecule is O=C(CCNc1ccc(Cl)c(C(F)(F)F)c1)NCc1ccccc1Cl. The van der Waals surface area contributed by atoms with Gasteiger partial charge in [-0.1, -0.05) is 41.4 Å². The second kappa shape index (κ2) is 8.45. The first kappa shape index (κ1) is 19.4. The van der Waals surface area contributed by atoms with Crippen molar-refractivity contribution in [2.75, 3.05) is 11.9 Å². The number of benzene rings is 2. The third kappa shape index (κ3) is 5.83. The van der Waals surface area contributed by atoms with Gasteiger partial charge in [-0.05, 0) is 29.8 Å². The van der Waals surface area contributed by atoms with Gasteiger partial charge < -0.3 is 10.6 Å². The van der Waals surface area contributed by atoms with E-state index >= 15 is 0 Å². The lowest BCUT2D eigenvalue weighted by Gasteiger charge is -2.12. The van der Waals surface area contributed by atoms with E-state index in [1.54, 1.807) is 18.2 Å². The lowest BCUT2D eigenvalue weighted by Crippen LogP contribution is -2.25. The van der Waals surface area contributed by atoms with E-state index in [-0.39, 0.29) is 36.1 Å². The first-order valence-electron chi connectivity index (χ1n) is 7.38. The zero-order valence-electron chi connectivity index (χ0n) is 13.0. The van der Waals surface area contributed by atoms with Crippen LogP contribution in [0.15, 0.2) is 42.5 Å². The highest BCUT2D eigenvalue weighted by atomic mass is 35.5. The van der Waals surface area contributed by atoms with Crippen LogP contribution in [0.4, 0.5) is 18.9 Å². The Balaban J connectivity index is 1.82. The number of anilines is 1. The van der Waals surface area contributed by atoms with Crippen molar-refractivity contribution in [1.29, 1.82) is 0 Å². The molecular formula is C17H15Cl2F3N2O. The van der Waals surface area contributed by atoms with Crippen molar-refractivity contribution in [2.24, 2.45) is 0 Å². The summed E-state index contributed by atoms with van der Waals surface area (Å²) in [7, 11) is 0. The normalized spacial score (nSPS) is 11.2. The van der Waals surface area contributed by atoms with Crippen molar-refractivity contribution in [3.63, 3.8) is 0 Å². The number of carbonyl (C=O) groups is 1. The fourth-order valence-corrected chi connectivity index (χ4v) is 2.52. The lowest BCUT2D eigenvalue weighted by atomic mass is 10.2. The van der Waals surface area contributed by atoms with Gasteiger partial charge in [0.05, 0.1) is 10.6 Å². The van der Waals surface area contributed by atoms with E-state index in [4.69, 9.17) is 23.2 Å². The average molecular weight is 391 g/mol. The molecule has 0 heterocycles. The van der Waals surface area contributed by atoms with Crippen LogP contribution in [0, 0.1) is 0 Å². The Morgan fingerprint density at radius 1 is 1.04 bits per heavy atom. The number of rotatable bonds is 6. The monoisotopic (exact) mass is 390 g/mol. The Labute approximate surface area is 153 Å². The predicted molar refractivity (Wildman–Crippen MR) is 92.9 cm³/mol. The van der Waals surface area contributed by atoms with Crippen molar-refractivity contribution in [2.45, 2.75) is 19.1 Å². The molecule has 134 valence electrons. The van der Waals surface area contributed by atoms with Gasteiger partial charge in [0.25, 0.3) is 0 Å². The molecule has 2 N–H and O–H groups in total. The van der Waals surface area contributed by atoms with Crippen LogP contribution in [0.5, 0.6) is 0 Å². The van der Waals surface area contributed by atoms with Crippen LogP contribution in [-0.4, -0.2) is 12.5 Å². The molecule has 0 aromatic heterocycles. The summed E-state index contributed by atoms with van der Waals surface area (Å²) in [5, 5.41) is 5.68. The van der Waals surface area contributed by atoms with E-state index in [1.807, 2.05) is 6.07 Å². The number of hydrogen-bond donors (Lipinski definition) is 2. The highest BCUT2D eigenvalue weighted by Crippen LogP contribution is 2.36. The zero-order chi connectivity index (χ0) is 18.4. The van der Waals surface area contributed by atoms with Crippen molar-refractivity contribution in [3.8, 4) is 0 Å². The molecule has 2 rings (SSSR count). The van der Waals surface area contributed by atoms with Gasteiger partial charge in [-0.15, -0.1) is 0 Å². The van der Waals surface area contributed by atoms with Gasteiger partial charge in [0, 0.05) is 30.2 Å². The van der Waals surface area contributed by atoms with Gasteiger partial charge in [0.2, 0.25) is 5.91 Å². The highest BCUT2D eigenvalue weighted by molar-refractivity contribution is 6.31. The number of alkyl halides is 3. The quantitative estimate of drug-likeness (QED) is 0.717. The molecule has 0 aliphatic rings. The van der Waals surface area contributed by atoms with Gasteiger partial charge in [-0.3, -0.25) is 4.79 Å². The van der Waals surface area contributed by atoms with Crippen LogP contribution < -0.4 is 10.6 Å². The van der Waals surface area contributed by atoms with Gasteiger partial charge in [-0.25, -0.2) is 0 Å². The van der Waals surface area contributed by atoms with Crippen LogP contribution >= 0.6 is 23.2 Å². The van der Waals surface area contributed by atoms with Crippen LogP contribution in [0.3, 0.4) is 0 Å². The minimum atomic E-state index is -4.53. The third-order valence-electron chi connectivity index (χ3n) is 3.39. The molecule has 0 aliphatic heterocycles. The van der Waals surface area contributed by atoms with E-state index < -0.39 is 11.7 Å². The highest BCUT2D eigenvalue weighted by Gasteiger charge is 2.33. The third-order valence-corrected chi connectivity index (χ3v) is 4.09. The summed E-state index contributed by atoms with van der Waals surface area (Å²) >= 11 is 11.5. The molecule has 1 amide bonds. The molecule has 0 saturated carbocycles. The molecule has 0 atom stereocenters. The Hall–Kier alpha value is -1.92. The molecule has 0 unspecified atom stereocenters. The molecule has 0 fully saturated rings. The van der Waals surface area contributed by atoms with Gasteiger partial charge in [0.1, 0.15) is 0 Å². The minimum Gasteiger partial charge on any atom is -0.385 e. The van der Waals surface area contributed by atoms with E-state index in [2.05, 4.69) is 10.6 Å². The van der Waals surface area contributed by atoms with Crippen molar-refractivity contribution < 1.29 is 18.0 Å². The van der Waals surface area contributed by atoms with Crippen molar-refractivity contribution in [3.05, 3.63) is 63.6 Å². The smallest absolute Gasteiger partial charge is 0.385 e. The van der Waals surface area contributed by atoms with E-state index in [0.717, 1.165) is 11.6 Å². The summed E-state index contributed by atoms with van der Waals surface area (Å²) in [6.45, 7) is 0.477. The summed E-state index contributed by atoms with van der Waals surface area (Å²) in [5.41, 5.74) is 0.121. The zero-order valence-corrected chi connectivity index (χ0v) is 14.5. The first-order valence-corrected chi connectivity index (χ1v) is 8.13. The molecule has 0 saturated heterocycles. The summed E-state index contributed by atoms with van der Waals surface area (Å²) in [4.78, 5) is 11.8. The molecule has 8 heteroatoms. The Morgan fingerprint density at radius 3 is 2.44 bits per heavy atom. The fraction of sp³-hybridized carbons (Fsp3) is 0.235. The maximum atomic E-state index is 12.8. The maximum Gasteiger partial charge on any atom is 0.417 e. The molecular weight excluding hydrogens is 376 g/mol. The Morgan fingerprint density at radius 2 is 1.76 bits per heavy atom. The summed E-state index contributed by atoms with van der Waals surface area (Å²) in [5.74, 6) is -0.238. The molecule has 0 aliphatic carbocycles. The fourth-order valence-electron chi connectivity index (χ4n) is 2.10. The molecule has 25 heavy (non-hydrogen) atoms. The summed E-state index contributed by atoms with van der Waals surface area (Å²) in [6.07, 6.45) is -4.42. The first-order chi connectivity index (χ1) is 11.8. The van der Waals surface area contributed by atoms with Gasteiger partial charge in [0.15, 0.2) is 0 Å². The largest absolute Gasteiger partial charge is 0.417 e. The van der Waals surface area contributed by atoms with E-state index in [0.29, 0.717) is 5.02 Å². The molecule has 0 spiro atoms. The Kier molecular flexibility index (Phi) is 6.56. The molecule has 2 aromatic rings. The number of amides is 1. The average Bonchev–Trinajstić information content (AvgIpc) is 2.54. The van der Waals surface area contributed by atoms with Gasteiger partial charge in [-0.2, -0.15) is 13.2 Å². The molecule has 2 aromatic carbocycles. The standard InChI is InChI=1S/C17H15Cl2F3N2O/c18-14-4-2-1-3-11(14)10-24-16(25)7-8-23-12-5-6-15(19)13(9-12)17(20,21)22/h1-6,9,23H,7-8,10H2,(H,24,25). The second-order valence-corrected chi connectivity index (χ2v) is 6.05. The number of hydrogen-bond acceptors (Lipinski definition) is 2. The lowest BCUT2D eigenvalue weighted by molar-refractivity contribution is -0.137. The number of carbonyl (C=O) groups excluding carboxylic acids is 1. The van der Waals surface area contributed by atoms with Crippen LogP contribution in [0.25, 0.3) is 0 Å². The second-order valence-electron chi connectivity index (χ2n) is 5.24. The molecule has 0 radical (unpaired) electrons. The summed E-state index contributed by atoms with van der Waals surface area (Å²) in [6, 6.07) is 10.6. The van der Waals surface area contributed by atoms with Gasteiger partial charge >= 0.3 is 6.18 Å². The van der Waals surface area contributed by atoms with Crippen LogP contribution in [-0.2, 0) is 17.5 Å². The maximum absolute atomic E-state index is 12.8. The topological polar surface area (TPSA) is 41.1 Å². The predicted octanol–water partition coefficient (Wildman–Crippen LogP) is 5.13. The van der Waals surface area contributed by atoms with Crippen LogP contribution in [0.2, 0.25) is 10.0 Å². The summed E-state index contributed by atoms with van der Waals surface area (Å²) < 4.78 is 38.4. The van der Waals surface area contributed by atoms with E-state index in [1.165, 1.54) is 12.1 Å². The number of halogens is 5. The number of nitrogens with one attached hydrogen (secondary N) is 2. The minimum absolute atomic E-state index is 0.106.